The molecule has 132 valence electrons. The van der Waals surface area contributed by atoms with Crippen LogP contribution in [0.4, 0.5) is 0 Å². The summed E-state index contributed by atoms with van der Waals surface area (Å²) in [5, 5.41) is 7.98. The summed E-state index contributed by atoms with van der Waals surface area (Å²) in [6, 6.07) is 14.0. The molecule has 1 fully saturated rings. The summed E-state index contributed by atoms with van der Waals surface area (Å²) in [4.78, 5) is 24.2. The van der Waals surface area contributed by atoms with Crippen molar-refractivity contribution in [2.75, 3.05) is 6.54 Å². The Balaban J connectivity index is 1.44. The fourth-order valence-corrected chi connectivity index (χ4v) is 3.29. The first kappa shape index (κ1) is 17.4. The zero-order valence-electron chi connectivity index (χ0n) is 14.3. The summed E-state index contributed by atoms with van der Waals surface area (Å²) in [5.41, 5.74) is 6.48. The highest BCUT2D eigenvalue weighted by Crippen LogP contribution is 2.17. The maximum Gasteiger partial charge on any atom is 0.251 e. The minimum Gasteiger partial charge on any atom is -0.353 e. The molecule has 0 bridgehead atoms. The lowest BCUT2D eigenvalue weighted by Gasteiger charge is -2.26. The number of hydrogen-bond acceptors (Lipinski definition) is 3. The van der Waals surface area contributed by atoms with Crippen molar-refractivity contribution in [1.29, 1.82) is 0 Å². The number of benzene rings is 2. The average molecular weight is 339 g/mol. The predicted octanol–water partition coefficient (Wildman–Crippen LogP) is 2.35. The number of amides is 2. The Hall–Kier alpha value is -2.40. The van der Waals surface area contributed by atoms with Gasteiger partial charge in [0.2, 0.25) is 5.91 Å². The van der Waals surface area contributed by atoms with Crippen molar-refractivity contribution in [3.63, 3.8) is 0 Å². The van der Waals surface area contributed by atoms with Crippen molar-refractivity contribution in [2.45, 2.75) is 44.2 Å². The fraction of sp³-hybridized carbons (Fsp3) is 0.400. The van der Waals surface area contributed by atoms with Gasteiger partial charge in [-0.2, -0.15) is 0 Å². The van der Waals surface area contributed by atoms with E-state index in [4.69, 9.17) is 5.73 Å². The first-order chi connectivity index (χ1) is 12.1. The monoisotopic (exact) mass is 339 g/mol. The van der Waals surface area contributed by atoms with Crippen LogP contribution >= 0.6 is 0 Å². The molecule has 0 unspecified atom stereocenters. The average Bonchev–Trinajstić information content (AvgIpc) is 2.63. The summed E-state index contributed by atoms with van der Waals surface area (Å²) in [7, 11) is 0. The zero-order chi connectivity index (χ0) is 17.6. The second-order valence-electron chi connectivity index (χ2n) is 6.75. The zero-order valence-corrected chi connectivity index (χ0v) is 14.3. The highest BCUT2D eigenvalue weighted by Gasteiger charge is 2.19. The van der Waals surface area contributed by atoms with Crippen molar-refractivity contribution < 1.29 is 9.59 Å². The lowest BCUT2D eigenvalue weighted by molar-refractivity contribution is -0.121. The molecule has 2 aromatic carbocycles. The third-order valence-corrected chi connectivity index (χ3v) is 4.79. The van der Waals surface area contributed by atoms with Crippen LogP contribution in [-0.2, 0) is 4.79 Å². The molecular weight excluding hydrogens is 314 g/mol. The molecule has 0 radical (unpaired) electrons. The Morgan fingerprint density at radius 2 is 1.72 bits per heavy atom. The van der Waals surface area contributed by atoms with E-state index in [9.17, 15) is 9.59 Å². The number of nitrogens with one attached hydrogen (secondary N) is 2. The Labute approximate surface area is 148 Å². The van der Waals surface area contributed by atoms with Gasteiger partial charge in [0.15, 0.2) is 0 Å². The summed E-state index contributed by atoms with van der Waals surface area (Å²) in [5.74, 6) is -0.165. The Morgan fingerprint density at radius 1 is 1.00 bits per heavy atom. The molecule has 1 aliphatic rings. The fourth-order valence-electron chi connectivity index (χ4n) is 3.29. The van der Waals surface area contributed by atoms with Crippen LogP contribution in [0.2, 0.25) is 0 Å². The van der Waals surface area contributed by atoms with Crippen LogP contribution in [-0.4, -0.2) is 30.4 Å². The van der Waals surface area contributed by atoms with Gasteiger partial charge in [0.05, 0.1) is 0 Å². The number of hydrogen-bond donors (Lipinski definition) is 3. The van der Waals surface area contributed by atoms with Crippen molar-refractivity contribution in [3.05, 3.63) is 48.0 Å². The number of carbonyl (C=O) groups excluding carboxylic acids is 2. The number of rotatable bonds is 5. The van der Waals surface area contributed by atoms with E-state index in [0.29, 0.717) is 18.5 Å². The molecule has 0 atom stereocenters. The smallest absolute Gasteiger partial charge is 0.251 e. The van der Waals surface area contributed by atoms with Gasteiger partial charge >= 0.3 is 0 Å². The van der Waals surface area contributed by atoms with Crippen LogP contribution in [0.3, 0.4) is 0 Å². The van der Waals surface area contributed by atoms with Crippen molar-refractivity contribution in [2.24, 2.45) is 5.73 Å². The van der Waals surface area contributed by atoms with Gasteiger partial charge in [-0.15, -0.1) is 0 Å². The number of fused-ring (bicyclic) bond motifs is 1. The summed E-state index contributed by atoms with van der Waals surface area (Å²) in [6.07, 6.45) is 4.10. The second kappa shape index (κ2) is 8.12. The van der Waals surface area contributed by atoms with Crippen LogP contribution in [0, 0.1) is 0 Å². The van der Waals surface area contributed by atoms with Crippen molar-refractivity contribution in [3.8, 4) is 0 Å². The van der Waals surface area contributed by atoms with Gasteiger partial charge in [-0.3, -0.25) is 9.59 Å². The second-order valence-corrected chi connectivity index (χ2v) is 6.75. The predicted molar refractivity (Wildman–Crippen MR) is 99.3 cm³/mol. The highest BCUT2D eigenvalue weighted by molar-refractivity contribution is 5.98. The van der Waals surface area contributed by atoms with Crippen LogP contribution in [0.15, 0.2) is 42.5 Å². The Morgan fingerprint density at radius 3 is 2.48 bits per heavy atom. The Kier molecular flexibility index (Phi) is 5.66. The quantitative estimate of drug-likeness (QED) is 0.782. The minimum absolute atomic E-state index is 0.0146. The number of nitrogens with two attached hydrogens (primary N) is 1. The van der Waals surface area contributed by atoms with E-state index in [-0.39, 0.29) is 23.9 Å². The van der Waals surface area contributed by atoms with E-state index < -0.39 is 0 Å². The van der Waals surface area contributed by atoms with E-state index in [1.807, 2.05) is 42.5 Å². The molecular formula is C20H25N3O2. The molecule has 5 nitrogen and oxygen atoms in total. The molecule has 2 amide bonds. The van der Waals surface area contributed by atoms with Gasteiger partial charge in [0, 0.05) is 30.6 Å². The Bertz CT molecular complexity index is 751. The highest BCUT2D eigenvalue weighted by atomic mass is 16.2. The van der Waals surface area contributed by atoms with E-state index in [2.05, 4.69) is 10.6 Å². The summed E-state index contributed by atoms with van der Waals surface area (Å²) >= 11 is 0. The molecule has 0 spiro atoms. The van der Waals surface area contributed by atoms with Crippen LogP contribution in [0.5, 0.6) is 0 Å². The lowest BCUT2D eigenvalue weighted by Crippen LogP contribution is -2.41. The molecule has 0 saturated heterocycles. The largest absolute Gasteiger partial charge is 0.353 e. The summed E-state index contributed by atoms with van der Waals surface area (Å²) in [6.45, 7) is 0.337. The minimum atomic E-state index is -0.151. The van der Waals surface area contributed by atoms with Crippen LogP contribution in [0.1, 0.15) is 42.5 Å². The van der Waals surface area contributed by atoms with E-state index in [1.54, 1.807) is 0 Å². The topological polar surface area (TPSA) is 84.2 Å². The third kappa shape index (κ3) is 4.79. The SMILES string of the molecule is NC1CCC(NC(=O)CCNC(=O)c2ccc3ccccc3c2)CC1. The van der Waals surface area contributed by atoms with Gasteiger partial charge in [-0.25, -0.2) is 0 Å². The molecule has 0 heterocycles. The molecule has 0 aliphatic heterocycles. The molecule has 25 heavy (non-hydrogen) atoms. The first-order valence-corrected chi connectivity index (χ1v) is 8.94. The van der Waals surface area contributed by atoms with E-state index >= 15 is 0 Å². The van der Waals surface area contributed by atoms with Crippen molar-refractivity contribution in [1.82, 2.24) is 10.6 Å². The molecule has 1 saturated carbocycles. The number of carbonyl (C=O) groups is 2. The molecule has 4 N–H and O–H groups in total. The molecule has 1 aliphatic carbocycles. The first-order valence-electron chi connectivity index (χ1n) is 8.94. The molecule has 2 aromatic rings. The third-order valence-electron chi connectivity index (χ3n) is 4.79. The molecule has 3 rings (SSSR count). The van der Waals surface area contributed by atoms with Gasteiger partial charge in [-0.05, 0) is 48.6 Å². The van der Waals surface area contributed by atoms with Gasteiger partial charge < -0.3 is 16.4 Å². The maximum atomic E-state index is 12.2. The lowest BCUT2D eigenvalue weighted by atomic mass is 9.92. The standard InChI is InChI=1S/C20H25N3O2/c21-17-7-9-18(10-8-17)23-19(24)11-12-22-20(25)16-6-5-14-3-1-2-4-15(14)13-16/h1-6,13,17-18H,7-12,21H2,(H,22,25)(H,23,24). The van der Waals surface area contributed by atoms with Crippen LogP contribution in [0.25, 0.3) is 10.8 Å². The molecule has 5 heteroatoms. The van der Waals surface area contributed by atoms with Gasteiger partial charge in [0.1, 0.15) is 0 Å². The van der Waals surface area contributed by atoms with E-state index in [1.165, 1.54) is 0 Å². The summed E-state index contributed by atoms with van der Waals surface area (Å²) < 4.78 is 0. The van der Waals surface area contributed by atoms with E-state index in [0.717, 1.165) is 36.5 Å². The molecule has 0 aromatic heterocycles. The maximum absolute atomic E-state index is 12.2. The van der Waals surface area contributed by atoms with Gasteiger partial charge in [0.25, 0.3) is 5.91 Å². The van der Waals surface area contributed by atoms with Crippen molar-refractivity contribution >= 4 is 22.6 Å². The van der Waals surface area contributed by atoms with Gasteiger partial charge in [-0.1, -0.05) is 30.3 Å². The normalized spacial score (nSPS) is 20.2. The van der Waals surface area contributed by atoms with Crippen LogP contribution < -0.4 is 16.4 Å².